The molecule has 7 nitrogen and oxygen atoms in total. The summed E-state index contributed by atoms with van der Waals surface area (Å²) < 4.78 is 65.2. The number of rotatable bonds is 4. The van der Waals surface area contributed by atoms with E-state index in [0.717, 1.165) is 16.7 Å². The molecule has 1 aliphatic rings. The molecule has 1 aromatic heterocycles. The molecule has 0 bridgehead atoms. The lowest BCUT2D eigenvalue weighted by Crippen LogP contribution is -2.50. The molecule has 2 heterocycles. The van der Waals surface area contributed by atoms with E-state index in [-0.39, 0.29) is 41.3 Å². The van der Waals surface area contributed by atoms with Gasteiger partial charge >= 0.3 is 6.55 Å². The van der Waals surface area contributed by atoms with E-state index >= 15 is 0 Å². The maximum absolute atomic E-state index is 13.7. The van der Waals surface area contributed by atoms with E-state index in [1.54, 1.807) is 0 Å². The first-order valence-corrected chi connectivity index (χ1v) is 9.11. The molecule has 1 aromatic carbocycles. The first-order valence-electron chi connectivity index (χ1n) is 7.67. The third-order valence-corrected chi connectivity index (χ3v) is 5.90. The van der Waals surface area contributed by atoms with Crippen LogP contribution in [-0.4, -0.2) is 59.5 Å². The summed E-state index contributed by atoms with van der Waals surface area (Å²) in [5.41, 5.74) is -0.0815. The van der Waals surface area contributed by atoms with Crippen LogP contribution in [0, 0.1) is 5.82 Å². The lowest BCUT2D eigenvalue weighted by Gasteiger charge is -2.33. The van der Waals surface area contributed by atoms with Crippen molar-refractivity contribution in [1.29, 1.82) is 0 Å². The molecule has 1 amide bonds. The van der Waals surface area contributed by atoms with Crippen molar-refractivity contribution >= 4 is 15.9 Å². The van der Waals surface area contributed by atoms with Crippen LogP contribution in [0.2, 0.25) is 0 Å². The zero-order valence-corrected chi connectivity index (χ0v) is 14.2. The Morgan fingerprint density at radius 3 is 2.35 bits per heavy atom. The van der Waals surface area contributed by atoms with Crippen LogP contribution in [-0.2, 0) is 10.0 Å². The molecule has 0 radical (unpaired) electrons. The van der Waals surface area contributed by atoms with Crippen LogP contribution in [0.15, 0.2) is 41.6 Å². The van der Waals surface area contributed by atoms with E-state index in [4.69, 9.17) is 0 Å². The van der Waals surface area contributed by atoms with Crippen molar-refractivity contribution in [3.8, 4) is 0 Å². The third-order valence-electron chi connectivity index (χ3n) is 4.05. The number of piperazine rings is 1. The first-order chi connectivity index (χ1) is 12.3. The fourth-order valence-electron chi connectivity index (χ4n) is 2.65. The minimum absolute atomic E-state index is 0.0254. The molecule has 0 aliphatic carbocycles. The van der Waals surface area contributed by atoms with Crippen LogP contribution in [0.1, 0.15) is 16.9 Å². The predicted octanol–water partition coefficient (Wildman–Crippen LogP) is 1.56. The molecule has 1 fully saturated rings. The van der Waals surface area contributed by atoms with Gasteiger partial charge in [-0.15, -0.1) is 0 Å². The number of aromatic nitrogens is 2. The molecule has 0 N–H and O–H groups in total. The Kier molecular flexibility index (Phi) is 5.01. The Balaban J connectivity index is 1.69. The van der Waals surface area contributed by atoms with E-state index < -0.39 is 28.3 Å². The average molecular weight is 388 g/mol. The molecular formula is C15H15F3N4O3S. The van der Waals surface area contributed by atoms with Crippen molar-refractivity contribution < 1.29 is 26.4 Å². The van der Waals surface area contributed by atoms with Gasteiger partial charge in [-0.25, -0.2) is 17.5 Å². The maximum atomic E-state index is 13.7. The predicted molar refractivity (Wildman–Crippen MR) is 84.5 cm³/mol. The van der Waals surface area contributed by atoms with E-state index in [9.17, 15) is 26.4 Å². The van der Waals surface area contributed by atoms with Gasteiger partial charge < -0.3 is 4.90 Å². The quantitative estimate of drug-likeness (QED) is 0.797. The number of carbonyl (C=O) groups is 1. The second-order valence-corrected chi connectivity index (χ2v) is 7.55. The van der Waals surface area contributed by atoms with Crippen LogP contribution < -0.4 is 0 Å². The summed E-state index contributed by atoms with van der Waals surface area (Å²) in [6.07, 6.45) is 1.62. The molecular weight excluding hydrogens is 373 g/mol. The van der Waals surface area contributed by atoms with Crippen molar-refractivity contribution in [2.75, 3.05) is 26.2 Å². The Labute approximate surface area is 147 Å². The highest BCUT2D eigenvalue weighted by molar-refractivity contribution is 7.89. The molecule has 26 heavy (non-hydrogen) atoms. The molecule has 0 atom stereocenters. The second kappa shape index (κ2) is 7.08. The SMILES string of the molecule is O=C(c1ccccc1F)N1CCN(S(=O)(=O)c2cnn(C(F)F)c2)CC1. The van der Waals surface area contributed by atoms with E-state index in [0.29, 0.717) is 0 Å². The van der Waals surface area contributed by atoms with Crippen LogP contribution >= 0.6 is 0 Å². The summed E-state index contributed by atoms with van der Waals surface area (Å²) >= 11 is 0. The van der Waals surface area contributed by atoms with Gasteiger partial charge in [-0.2, -0.15) is 18.2 Å². The third kappa shape index (κ3) is 3.44. The molecule has 2 aromatic rings. The highest BCUT2D eigenvalue weighted by Gasteiger charge is 2.32. The van der Waals surface area contributed by atoms with Gasteiger partial charge in [0.05, 0.1) is 18.0 Å². The van der Waals surface area contributed by atoms with Crippen LogP contribution in [0.25, 0.3) is 0 Å². The van der Waals surface area contributed by atoms with Crippen LogP contribution in [0.3, 0.4) is 0 Å². The Bertz CT molecular complexity index is 908. The lowest BCUT2D eigenvalue weighted by molar-refractivity contribution is 0.0563. The Morgan fingerprint density at radius 1 is 1.12 bits per heavy atom. The molecule has 140 valence electrons. The minimum atomic E-state index is -3.99. The van der Waals surface area contributed by atoms with Crippen molar-refractivity contribution in [3.05, 3.63) is 48.0 Å². The minimum Gasteiger partial charge on any atom is -0.336 e. The standard InChI is InChI=1S/C15H15F3N4O3S/c16-13-4-2-1-3-12(13)14(23)20-5-7-21(8-6-20)26(24,25)11-9-19-22(10-11)15(17)18/h1-4,9-10,15H,5-8H2. The van der Waals surface area contributed by atoms with Gasteiger partial charge in [0.25, 0.3) is 5.91 Å². The van der Waals surface area contributed by atoms with Gasteiger partial charge in [0.15, 0.2) is 0 Å². The zero-order valence-electron chi connectivity index (χ0n) is 13.4. The number of amides is 1. The number of hydrogen-bond donors (Lipinski definition) is 0. The van der Waals surface area contributed by atoms with Crippen molar-refractivity contribution in [2.24, 2.45) is 0 Å². The molecule has 0 spiro atoms. The number of nitrogens with zero attached hydrogens (tertiary/aromatic N) is 4. The van der Waals surface area contributed by atoms with E-state index in [1.165, 1.54) is 29.2 Å². The Morgan fingerprint density at radius 2 is 1.77 bits per heavy atom. The number of alkyl halides is 2. The van der Waals surface area contributed by atoms with Gasteiger partial charge in [-0.1, -0.05) is 12.1 Å². The molecule has 3 rings (SSSR count). The topological polar surface area (TPSA) is 75.5 Å². The van der Waals surface area contributed by atoms with E-state index in [1.807, 2.05) is 0 Å². The van der Waals surface area contributed by atoms with Gasteiger partial charge in [0.1, 0.15) is 10.7 Å². The van der Waals surface area contributed by atoms with Crippen LogP contribution in [0.5, 0.6) is 0 Å². The number of benzene rings is 1. The number of carbonyl (C=O) groups excluding carboxylic acids is 1. The summed E-state index contributed by atoms with van der Waals surface area (Å²) in [6.45, 7) is -2.86. The van der Waals surface area contributed by atoms with Gasteiger partial charge in [0.2, 0.25) is 10.0 Å². The number of hydrogen-bond acceptors (Lipinski definition) is 4. The number of halogens is 3. The number of sulfonamides is 1. The fraction of sp³-hybridized carbons (Fsp3) is 0.333. The average Bonchev–Trinajstić information content (AvgIpc) is 3.13. The van der Waals surface area contributed by atoms with Crippen molar-refractivity contribution in [2.45, 2.75) is 11.4 Å². The second-order valence-electron chi connectivity index (χ2n) is 5.61. The highest BCUT2D eigenvalue weighted by atomic mass is 32.2. The summed E-state index contributed by atoms with van der Waals surface area (Å²) in [6, 6.07) is 5.54. The normalized spacial score (nSPS) is 16.2. The Hall–Kier alpha value is -2.40. The molecule has 0 unspecified atom stereocenters. The fourth-order valence-corrected chi connectivity index (χ4v) is 4.01. The van der Waals surface area contributed by atoms with Crippen molar-refractivity contribution in [1.82, 2.24) is 19.0 Å². The van der Waals surface area contributed by atoms with Crippen LogP contribution in [0.4, 0.5) is 13.2 Å². The summed E-state index contributed by atoms with van der Waals surface area (Å²) in [4.78, 5) is 13.4. The largest absolute Gasteiger partial charge is 0.336 e. The highest BCUT2D eigenvalue weighted by Crippen LogP contribution is 2.20. The van der Waals surface area contributed by atoms with Gasteiger partial charge in [-0.05, 0) is 12.1 Å². The monoisotopic (exact) mass is 388 g/mol. The van der Waals surface area contributed by atoms with E-state index in [2.05, 4.69) is 5.10 Å². The summed E-state index contributed by atoms with van der Waals surface area (Å²) in [7, 11) is -3.99. The maximum Gasteiger partial charge on any atom is 0.333 e. The molecule has 1 saturated heterocycles. The first kappa shape index (κ1) is 18.4. The smallest absolute Gasteiger partial charge is 0.333 e. The van der Waals surface area contributed by atoms with Crippen molar-refractivity contribution in [3.63, 3.8) is 0 Å². The lowest BCUT2D eigenvalue weighted by atomic mass is 10.1. The van der Waals surface area contributed by atoms with Gasteiger partial charge in [-0.3, -0.25) is 4.79 Å². The molecule has 0 saturated carbocycles. The molecule has 11 heteroatoms. The molecule has 1 aliphatic heterocycles. The summed E-state index contributed by atoms with van der Waals surface area (Å²) in [5, 5.41) is 3.32. The summed E-state index contributed by atoms with van der Waals surface area (Å²) in [5.74, 6) is -1.17. The van der Waals surface area contributed by atoms with Gasteiger partial charge in [0, 0.05) is 26.2 Å². The zero-order chi connectivity index (χ0) is 18.9.